The second-order valence-corrected chi connectivity index (χ2v) is 11.4. The Bertz CT molecular complexity index is 1290. The number of carbonyl (C=O) groups is 2. The average molecular weight is 496 g/mol. The third kappa shape index (κ3) is 4.54. The van der Waals surface area contributed by atoms with Crippen LogP contribution in [-0.4, -0.2) is 53.8 Å². The zero-order valence-electron chi connectivity index (χ0n) is 17.9. The molecule has 0 atom stereocenters. The van der Waals surface area contributed by atoms with E-state index in [9.17, 15) is 27.2 Å². The fourth-order valence-electron chi connectivity index (χ4n) is 4.08. The summed E-state index contributed by atoms with van der Waals surface area (Å²) in [5.74, 6) is -2.40. The minimum atomic E-state index is -3.25. The average Bonchev–Trinajstić information content (AvgIpc) is 3.56. The van der Waals surface area contributed by atoms with Crippen LogP contribution in [0, 0.1) is 5.82 Å². The molecule has 11 heteroatoms. The number of aromatic nitrogens is 1. The topological polar surface area (TPSA) is 106 Å². The molecule has 176 valence electrons. The molecule has 1 N–H and O–H groups in total. The van der Waals surface area contributed by atoms with Gasteiger partial charge in [-0.05, 0) is 43.0 Å². The molecule has 1 aliphatic carbocycles. The maximum atomic E-state index is 14.9. The normalized spacial score (nSPS) is 16.9. The molecule has 0 unspecified atom stereocenters. The molecule has 8 nitrogen and oxygen atoms in total. The van der Waals surface area contributed by atoms with Gasteiger partial charge < -0.3 is 10.2 Å². The van der Waals surface area contributed by atoms with Crippen molar-refractivity contribution in [3.63, 3.8) is 0 Å². The Hall–Kier alpha value is -2.72. The van der Waals surface area contributed by atoms with Gasteiger partial charge in [0.2, 0.25) is 0 Å². The van der Waals surface area contributed by atoms with Gasteiger partial charge in [0, 0.05) is 37.5 Å². The number of carbonyl (C=O) groups excluding carboxylic acids is 2. The van der Waals surface area contributed by atoms with Crippen LogP contribution in [0.2, 0.25) is 5.02 Å². The van der Waals surface area contributed by atoms with Crippen LogP contribution in [-0.2, 0) is 22.9 Å². The lowest BCUT2D eigenvalue weighted by molar-refractivity contribution is 0.0687. The lowest BCUT2D eigenvalue weighted by Crippen LogP contribution is -2.48. The number of pyridine rings is 1. The third-order valence-electron chi connectivity index (χ3n) is 6.37. The summed E-state index contributed by atoms with van der Waals surface area (Å²) in [5.41, 5.74) is -0.799. The predicted molar refractivity (Wildman–Crippen MR) is 121 cm³/mol. The molecule has 2 amide bonds. The van der Waals surface area contributed by atoms with E-state index < -0.39 is 43.5 Å². The Morgan fingerprint density at radius 2 is 1.85 bits per heavy atom. The van der Waals surface area contributed by atoms with E-state index in [1.165, 1.54) is 11.2 Å². The zero-order chi connectivity index (χ0) is 24.0. The second-order valence-electron chi connectivity index (χ2n) is 8.52. The van der Waals surface area contributed by atoms with E-state index in [0.29, 0.717) is 17.9 Å². The standard InChI is InChI=1S/C22H23ClFN3O5S/c1-33(31,32)22(6-7-22)8-9-26-10-11-27-18(21(26)30)17(24)12-16(20(27)29)19(28)25-13-14-2-4-15(23)5-3-14/h2-5,12H,6-11,13H2,1H3,(H,25,28). The summed E-state index contributed by atoms with van der Waals surface area (Å²) in [5, 5.41) is 3.12. The molecule has 0 bridgehead atoms. The van der Waals surface area contributed by atoms with E-state index in [1.54, 1.807) is 24.3 Å². The molecule has 4 rings (SSSR count). The molecule has 2 heterocycles. The van der Waals surface area contributed by atoms with Gasteiger partial charge in [-0.3, -0.25) is 19.0 Å². The van der Waals surface area contributed by atoms with Gasteiger partial charge in [0.05, 0.1) is 4.75 Å². The summed E-state index contributed by atoms with van der Waals surface area (Å²) >= 11 is 5.83. The van der Waals surface area contributed by atoms with Gasteiger partial charge in [-0.1, -0.05) is 23.7 Å². The molecule has 1 aromatic heterocycles. The highest BCUT2D eigenvalue weighted by molar-refractivity contribution is 7.92. The van der Waals surface area contributed by atoms with E-state index in [0.717, 1.165) is 16.2 Å². The summed E-state index contributed by atoms with van der Waals surface area (Å²) < 4.78 is 39.0. The van der Waals surface area contributed by atoms with Crippen molar-refractivity contribution in [3.8, 4) is 0 Å². The minimum Gasteiger partial charge on any atom is -0.348 e. The number of rotatable bonds is 7. The fourth-order valence-corrected chi connectivity index (χ4v) is 5.51. The quantitative estimate of drug-likeness (QED) is 0.632. The number of amides is 2. The molecule has 0 radical (unpaired) electrons. The summed E-state index contributed by atoms with van der Waals surface area (Å²) in [6, 6.07) is 7.53. The molecule has 1 aromatic carbocycles. The van der Waals surface area contributed by atoms with Gasteiger partial charge in [-0.2, -0.15) is 0 Å². The maximum absolute atomic E-state index is 14.9. The Labute approximate surface area is 195 Å². The summed E-state index contributed by atoms with van der Waals surface area (Å²) in [6.07, 6.45) is 2.56. The Morgan fingerprint density at radius 1 is 1.18 bits per heavy atom. The largest absolute Gasteiger partial charge is 0.348 e. The van der Waals surface area contributed by atoms with E-state index in [1.807, 2.05) is 0 Å². The van der Waals surface area contributed by atoms with Crippen molar-refractivity contribution in [2.45, 2.75) is 37.1 Å². The monoisotopic (exact) mass is 495 g/mol. The number of fused-ring (bicyclic) bond motifs is 1. The highest BCUT2D eigenvalue weighted by Gasteiger charge is 2.51. The number of nitrogens with zero attached hydrogens (tertiary/aromatic N) is 2. The zero-order valence-corrected chi connectivity index (χ0v) is 19.5. The highest BCUT2D eigenvalue weighted by Crippen LogP contribution is 2.46. The number of sulfone groups is 1. The van der Waals surface area contributed by atoms with Gasteiger partial charge in [-0.25, -0.2) is 12.8 Å². The van der Waals surface area contributed by atoms with Gasteiger partial charge in [0.1, 0.15) is 11.3 Å². The number of hydrogen-bond acceptors (Lipinski definition) is 5. The highest BCUT2D eigenvalue weighted by atomic mass is 35.5. The van der Waals surface area contributed by atoms with Crippen LogP contribution in [0.15, 0.2) is 35.1 Å². The molecule has 1 fully saturated rings. The van der Waals surface area contributed by atoms with Gasteiger partial charge in [0.15, 0.2) is 15.7 Å². The van der Waals surface area contributed by atoms with Crippen molar-refractivity contribution in [1.82, 2.24) is 14.8 Å². The smallest absolute Gasteiger partial charge is 0.273 e. The van der Waals surface area contributed by atoms with Crippen molar-refractivity contribution in [2.75, 3.05) is 19.3 Å². The Balaban J connectivity index is 1.50. The third-order valence-corrected chi connectivity index (χ3v) is 8.81. The van der Waals surface area contributed by atoms with Crippen molar-refractivity contribution in [3.05, 3.63) is 68.3 Å². The summed E-state index contributed by atoms with van der Waals surface area (Å²) in [6.45, 7) is 0.415. The van der Waals surface area contributed by atoms with E-state index in [2.05, 4.69) is 5.32 Å². The second kappa shape index (κ2) is 8.57. The molecule has 0 saturated heterocycles. The lowest BCUT2D eigenvalue weighted by Gasteiger charge is -2.31. The van der Waals surface area contributed by atoms with Crippen LogP contribution < -0.4 is 10.9 Å². The Kier molecular flexibility index (Phi) is 6.09. The van der Waals surface area contributed by atoms with Crippen LogP contribution in [0.1, 0.15) is 45.7 Å². The van der Waals surface area contributed by atoms with Crippen molar-refractivity contribution < 1.29 is 22.4 Å². The number of halogens is 2. The Morgan fingerprint density at radius 3 is 2.45 bits per heavy atom. The molecule has 0 spiro atoms. The first-order valence-corrected chi connectivity index (χ1v) is 12.7. The first-order valence-electron chi connectivity index (χ1n) is 10.5. The summed E-state index contributed by atoms with van der Waals surface area (Å²) in [7, 11) is -3.25. The minimum absolute atomic E-state index is 0.0149. The van der Waals surface area contributed by atoms with Crippen molar-refractivity contribution in [2.24, 2.45) is 0 Å². The first-order chi connectivity index (χ1) is 15.5. The molecular formula is C22H23ClFN3O5S. The van der Waals surface area contributed by atoms with Gasteiger partial charge >= 0.3 is 0 Å². The van der Waals surface area contributed by atoms with Crippen LogP contribution in [0.4, 0.5) is 4.39 Å². The fraction of sp³-hybridized carbons (Fsp3) is 0.409. The number of nitrogens with one attached hydrogen (secondary N) is 1. The summed E-state index contributed by atoms with van der Waals surface area (Å²) in [4.78, 5) is 39.6. The van der Waals surface area contributed by atoms with Gasteiger partial charge in [0.25, 0.3) is 17.4 Å². The maximum Gasteiger partial charge on any atom is 0.273 e. The lowest BCUT2D eigenvalue weighted by atomic mass is 10.1. The predicted octanol–water partition coefficient (Wildman–Crippen LogP) is 1.99. The van der Waals surface area contributed by atoms with Crippen molar-refractivity contribution in [1.29, 1.82) is 0 Å². The molecule has 2 aromatic rings. The van der Waals surface area contributed by atoms with E-state index in [-0.39, 0.29) is 38.2 Å². The first kappa shape index (κ1) is 23.4. The van der Waals surface area contributed by atoms with Gasteiger partial charge in [-0.15, -0.1) is 0 Å². The van der Waals surface area contributed by atoms with Crippen LogP contribution >= 0.6 is 11.6 Å². The molecular weight excluding hydrogens is 473 g/mol. The molecule has 1 aliphatic heterocycles. The molecule has 2 aliphatic rings. The van der Waals surface area contributed by atoms with Crippen molar-refractivity contribution >= 4 is 33.3 Å². The van der Waals surface area contributed by atoms with Crippen LogP contribution in [0.5, 0.6) is 0 Å². The number of benzene rings is 1. The van der Waals surface area contributed by atoms with E-state index in [4.69, 9.17) is 11.6 Å². The van der Waals surface area contributed by atoms with E-state index >= 15 is 0 Å². The SMILES string of the molecule is CS(=O)(=O)C1(CCN2CCn3c(c(F)cc(C(=O)NCc4ccc(Cl)cc4)c3=O)C2=O)CC1. The van der Waals surface area contributed by atoms with Crippen LogP contribution in [0.3, 0.4) is 0 Å². The molecule has 33 heavy (non-hydrogen) atoms. The molecule has 1 saturated carbocycles. The number of hydrogen-bond donors (Lipinski definition) is 1. The van der Waals surface area contributed by atoms with Crippen LogP contribution in [0.25, 0.3) is 0 Å².